The van der Waals surface area contributed by atoms with Crippen LogP contribution in [0.25, 0.3) is 11.1 Å². The lowest BCUT2D eigenvalue weighted by Gasteiger charge is -2.20. The molecule has 3 aromatic carbocycles. The Kier molecular flexibility index (Phi) is 3.93. The summed E-state index contributed by atoms with van der Waals surface area (Å²) in [7, 11) is 0. The van der Waals surface area contributed by atoms with E-state index in [-0.39, 0.29) is 6.04 Å². The molecule has 2 atom stereocenters. The van der Waals surface area contributed by atoms with E-state index in [4.69, 9.17) is 5.73 Å². The predicted molar refractivity (Wildman–Crippen MR) is 97.8 cm³/mol. The summed E-state index contributed by atoms with van der Waals surface area (Å²) in [5, 5.41) is 10.5. The molecule has 1 aliphatic rings. The first-order valence-electron chi connectivity index (χ1n) is 8.41. The van der Waals surface area contributed by atoms with Crippen molar-refractivity contribution in [2.75, 3.05) is 0 Å². The molecule has 0 saturated carbocycles. The quantitative estimate of drug-likeness (QED) is 0.601. The molecular weight excluding hydrogens is 294 g/mol. The summed E-state index contributed by atoms with van der Waals surface area (Å²) < 4.78 is 0. The first-order chi connectivity index (χ1) is 11.7. The van der Waals surface area contributed by atoms with Crippen LogP contribution in [0.1, 0.15) is 28.3 Å². The number of aliphatic hydroxyl groups is 1. The maximum absolute atomic E-state index is 10.5. The fourth-order valence-corrected chi connectivity index (χ4v) is 3.58. The van der Waals surface area contributed by atoms with Crippen LogP contribution in [0.2, 0.25) is 0 Å². The predicted octanol–water partition coefficient (Wildman–Crippen LogP) is 3.86. The van der Waals surface area contributed by atoms with Crippen molar-refractivity contribution in [3.63, 3.8) is 0 Å². The number of nitrogens with two attached hydrogens (primary N) is 1. The molecule has 0 saturated heterocycles. The van der Waals surface area contributed by atoms with E-state index in [1.165, 1.54) is 22.3 Å². The molecule has 3 aromatic rings. The van der Waals surface area contributed by atoms with Crippen molar-refractivity contribution in [2.45, 2.75) is 25.0 Å². The molecule has 0 amide bonds. The first kappa shape index (κ1) is 15.1. The molecule has 2 heteroatoms. The molecule has 0 spiro atoms. The molecule has 0 heterocycles. The van der Waals surface area contributed by atoms with Gasteiger partial charge in [-0.3, -0.25) is 0 Å². The third kappa shape index (κ3) is 2.75. The molecule has 24 heavy (non-hydrogen) atoms. The Labute approximate surface area is 142 Å². The van der Waals surface area contributed by atoms with Gasteiger partial charge in [0.15, 0.2) is 0 Å². The molecular formula is C22H21NO. The standard InChI is InChI=1S/C22H21NO/c23-22(21(24)12-15-6-2-1-3-7-15)17-10-11-20-18(14-17)13-16-8-4-5-9-19(16)20/h1-11,14,21-22,24H,12-13,23H2/t21-,22+/m0/s1. The monoisotopic (exact) mass is 315 g/mol. The second-order valence-corrected chi connectivity index (χ2v) is 6.53. The number of hydrogen-bond donors (Lipinski definition) is 2. The van der Waals surface area contributed by atoms with Gasteiger partial charge in [-0.2, -0.15) is 0 Å². The normalized spacial score (nSPS) is 14.8. The average molecular weight is 315 g/mol. The Bertz CT molecular complexity index is 857. The van der Waals surface area contributed by atoms with E-state index in [0.717, 1.165) is 17.5 Å². The van der Waals surface area contributed by atoms with E-state index in [0.29, 0.717) is 6.42 Å². The third-order valence-corrected chi connectivity index (χ3v) is 4.90. The highest BCUT2D eigenvalue weighted by Crippen LogP contribution is 2.37. The maximum Gasteiger partial charge on any atom is 0.0773 e. The van der Waals surface area contributed by atoms with Gasteiger partial charge >= 0.3 is 0 Å². The number of hydrogen-bond acceptors (Lipinski definition) is 2. The summed E-state index contributed by atoms with van der Waals surface area (Å²) in [4.78, 5) is 0. The van der Waals surface area contributed by atoms with Crippen LogP contribution in [0.15, 0.2) is 72.8 Å². The molecule has 0 aromatic heterocycles. The van der Waals surface area contributed by atoms with Crippen LogP contribution >= 0.6 is 0 Å². The summed E-state index contributed by atoms with van der Waals surface area (Å²) in [6, 6.07) is 24.5. The van der Waals surface area contributed by atoms with Crippen molar-refractivity contribution in [1.82, 2.24) is 0 Å². The number of aliphatic hydroxyl groups excluding tert-OH is 1. The van der Waals surface area contributed by atoms with E-state index < -0.39 is 6.10 Å². The maximum atomic E-state index is 10.5. The van der Waals surface area contributed by atoms with Crippen molar-refractivity contribution in [2.24, 2.45) is 5.73 Å². The zero-order valence-corrected chi connectivity index (χ0v) is 13.5. The summed E-state index contributed by atoms with van der Waals surface area (Å²) in [5.74, 6) is 0. The largest absolute Gasteiger partial charge is 0.391 e. The van der Waals surface area contributed by atoms with Crippen LogP contribution in [0.5, 0.6) is 0 Å². The van der Waals surface area contributed by atoms with E-state index in [9.17, 15) is 5.11 Å². The second kappa shape index (κ2) is 6.23. The highest BCUT2D eigenvalue weighted by molar-refractivity contribution is 5.77. The summed E-state index contributed by atoms with van der Waals surface area (Å²) in [6.45, 7) is 0. The van der Waals surface area contributed by atoms with Crippen molar-refractivity contribution < 1.29 is 5.11 Å². The molecule has 0 bridgehead atoms. The fraction of sp³-hybridized carbons (Fsp3) is 0.182. The Morgan fingerprint density at radius 1 is 0.833 bits per heavy atom. The van der Waals surface area contributed by atoms with Gasteiger partial charge in [-0.1, -0.05) is 72.8 Å². The van der Waals surface area contributed by atoms with Crippen molar-refractivity contribution in [3.05, 3.63) is 95.1 Å². The average Bonchev–Trinajstić information content (AvgIpc) is 2.99. The molecule has 4 rings (SSSR count). The number of rotatable bonds is 4. The van der Waals surface area contributed by atoms with Crippen LogP contribution in [-0.2, 0) is 12.8 Å². The van der Waals surface area contributed by atoms with Crippen LogP contribution in [0.3, 0.4) is 0 Å². The van der Waals surface area contributed by atoms with Gasteiger partial charge in [0.25, 0.3) is 0 Å². The Hall–Kier alpha value is -2.42. The topological polar surface area (TPSA) is 46.2 Å². The number of benzene rings is 3. The zero-order valence-electron chi connectivity index (χ0n) is 13.5. The molecule has 1 aliphatic carbocycles. The lowest BCUT2D eigenvalue weighted by atomic mass is 9.94. The van der Waals surface area contributed by atoms with Crippen molar-refractivity contribution >= 4 is 0 Å². The minimum atomic E-state index is -0.589. The summed E-state index contributed by atoms with van der Waals surface area (Å²) >= 11 is 0. The highest BCUT2D eigenvalue weighted by Gasteiger charge is 2.22. The fourth-order valence-electron chi connectivity index (χ4n) is 3.58. The minimum absolute atomic E-state index is 0.376. The molecule has 0 radical (unpaired) electrons. The van der Waals surface area contributed by atoms with Crippen molar-refractivity contribution in [1.29, 1.82) is 0 Å². The lowest BCUT2D eigenvalue weighted by molar-refractivity contribution is 0.145. The Morgan fingerprint density at radius 3 is 2.38 bits per heavy atom. The minimum Gasteiger partial charge on any atom is -0.391 e. The van der Waals surface area contributed by atoms with Gasteiger partial charge in [-0.15, -0.1) is 0 Å². The van der Waals surface area contributed by atoms with Crippen LogP contribution in [0.4, 0.5) is 0 Å². The summed E-state index contributed by atoms with van der Waals surface area (Å²) in [5.41, 5.74) is 13.7. The van der Waals surface area contributed by atoms with E-state index in [1.54, 1.807) is 0 Å². The van der Waals surface area contributed by atoms with Gasteiger partial charge in [0.1, 0.15) is 0 Å². The molecule has 2 nitrogen and oxygen atoms in total. The lowest BCUT2D eigenvalue weighted by Crippen LogP contribution is -2.28. The van der Waals surface area contributed by atoms with E-state index in [1.807, 2.05) is 30.3 Å². The first-order valence-corrected chi connectivity index (χ1v) is 8.41. The van der Waals surface area contributed by atoms with Gasteiger partial charge in [0.2, 0.25) is 0 Å². The Balaban J connectivity index is 1.56. The SMILES string of the molecule is N[C@H](c1ccc2c(c1)Cc1ccccc1-2)[C@@H](O)Cc1ccccc1. The third-order valence-electron chi connectivity index (χ3n) is 4.90. The Morgan fingerprint density at radius 2 is 1.54 bits per heavy atom. The molecule has 0 unspecified atom stereocenters. The zero-order chi connectivity index (χ0) is 16.5. The smallest absolute Gasteiger partial charge is 0.0773 e. The van der Waals surface area contributed by atoms with Gasteiger partial charge in [0.05, 0.1) is 12.1 Å². The highest BCUT2D eigenvalue weighted by atomic mass is 16.3. The van der Waals surface area contributed by atoms with Crippen LogP contribution in [0, 0.1) is 0 Å². The van der Waals surface area contributed by atoms with Crippen molar-refractivity contribution in [3.8, 4) is 11.1 Å². The molecule has 0 fully saturated rings. The number of fused-ring (bicyclic) bond motifs is 3. The molecule has 3 N–H and O–H groups in total. The van der Waals surface area contributed by atoms with E-state index in [2.05, 4.69) is 42.5 Å². The molecule has 0 aliphatic heterocycles. The van der Waals surface area contributed by atoms with Crippen LogP contribution in [-0.4, -0.2) is 11.2 Å². The molecule has 120 valence electrons. The van der Waals surface area contributed by atoms with Gasteiger partial charge in [0, 0.05) is 6.42 Å². The van der Waals surface area contributed by atoms with E-state index >= 15 is 0 Å². The second-order valence-electron chi connectivity index (χ2n) is 6.53. The van der Waals surface area contributed by atoms with Crippen LogP contribution < -0.4 is 5.73 Å². The van der Waals surface area contributed by atoms with Gasteiger partial charge < -0.3 is 10.8 Å². The van der Waals surface area contributed by atoms with Gasteiger partial charge in [-0.25, -0.2) is 0 Å². The summed E-state index contributed by atoms with van der Waals surface area (Å²) in [6.07, 6.45) is 0.925. The van der Waals surface area contributed by atoms with Gasteiger partial charge in [-0.05, 0) is 39.8 Å².